The third-order valence-corrected chi connectivity index (χ3v) is 4.85. The molecule has 0 unspecified atom stereocenters. The van der Waals surface area contributed by atoms with Gasteiger partial charge in [0.15, 0.2) is 0 Å². The number of hydrogen-bond donors (Lipinski definition) is 1. The van der Waals surface area contributed by atoms with Crippen LogP contribution >= 0.6 is 0 Å². The lowest BCUT2D eigenvalue weighted by molar-refractivity contribution is -0.116. The molecule has 0 aliphatic heterocycles. The first kappa shape index (κ1) is 20.1. The number of anilines is 1. The van der Waals surface area contributed by atoms with Gasteiger partial charge < -0.3 is 14.6 Å². The van der Waals surface area contributed by atoms with E-state index in [-0.39, 0.29) is 18.0 Å². The lowest BCUT2D eigenvalue weighted by atomic mass is 10.1. The van der Waals surface area contributed by atoms with E-state index in [0.29, 0.717) is 22.5 Å². The van der Waals surface area contributed by atoms with Crippen LogP contribution in [0.3, 0.4) is 0 Å². The number of fused-ring (bicyclic) bond motifs is 1. The summed E-state index contributed by atoms with van der Waals surface area (Å²) in [6, 6.07) is 15.9. The van der Waals surface area contributed by atoms with E-state index in [1.54, 1.807) is 36.5 Å². The normalized spacial score (nSPS) is 10.8. The molecule has 0 fully saturated rings. The van der Waals surface area contributed by atoms with E-state index >= 15 is 0 Å². The second kappa shape index (κ2) is 8.27. The fourth-order valence-electron chi connectivity index (χ4n) is 3.18. The van der Waals surface area contributed by atoms with Gasteiger partial charge in [-0.1, -0.05) is 29.8 Å². The Bertz CT molecular complexity index is 1320. The first-order valence-corrected chi connectivity index (χ1v) is 9.59. The van der Waals surface area contributed by atoms with Crippen molar-refractivity contribution in [2.24, 2.45) is 0 Å². The number of rotatable bonds is 5. The van der Waals surface area contributed by atoms with Gasteiger partial charge in [0.2, 0.25) is 5.91 Å². The monoisotopic (exact) mass is 416 g/mol. The molecule has 0 radical (unpaired) electrons. The van der Waals surface area contributed by atoms with Gasteiger partial charge in [-0.2, -0.15) is 5.10 Å². The minimum atomic E-state index is -0.455. The van der Waals surface area contributed by atoms with E-state index in [1.807, 2.05) is 31.2 Å². The largest absolute Gasteiger partial charge is 0.465 e. The summed E-state index contributed by atoms with van der Waals surface area (Å²) in [7, 11) is 1.30. The predicted octanol–water partition coefficient (Wildman–Crippen LogP) is 2.90. The smallest absolute Gasteiger partial charge is 0.337 e. The molecule has 8 nitrogen and oxygen atoms in total. The number of nitrogens with zero attached hydrogens (tertiary/aromatic N) is 3. The van der Waals surface area contributed by atoms with Gasteiger partial charge in [0.1, 0.15) is 12.1 Å². The third-order valence-electron chi connectivity index (χ3n) is 4.85. The maximum absolute atomic E-state index is 12.8. The van der Waals surface area contributed by atoms with E-state index < -0.39 is 5.97 Å². The van der Waals surface area contributed by atoms with Crippen molar-refractivity contribution >= 4 is 23.1 Å². The highest BCUT2D eigenvalue weighted by atomic mass is 16.5. The number of hydrogen-bond acceptors (Lipinski definition) is 5. The van der Waals surface area contributed by atoms with Crippen LogP contribution in [-0.2, 0) is 16.1 Å². The van der Waals surface area contributed by atoms with Gasteiger partial charge in [0.25, 0.3) is 5.56 Å². The molecular weight excluding hydrogens is 396 g/mol. The lowest BCUT2D eigenvalue weighted by Gasteiger charge is -2.08. The van der Waals surface area contributed by atoms with E-state index in [4.69, 9.17) is 0 Å². The fourth-order valence-corrected chi connectivity index (χ4v) is 3.18. The quantitative estimate of drug-likeness (QED) is 0.505. The lowest BCUT2D eigenvalue weighted by Crippen LogP contribution is -2.28. The summed E-state index contributed by atoms with van der Waals surface area (Å²) in [6.45, 7) is 1.85. The number of nitrogens with one attached hydrogen (secondary N) is 1. The summed E-state index contributed by atoms with van der Waals surface area (Å²) in [5, 5.41) is 7.17. The second-order valence-electron chi connectivity index (χ2n) is 7.07. The highest BCUT2D eigenvalue weighted by molar-refractivity contribution is 5.93. The number of carbonyl (C=O) groups is 2. The Hall–Kier alpha value is -4.20. The Morgan fingerprint density at radius 3 is 2.42 bits per heavy atom. The Morgan fingerprint density at radius 2 is 1.74 bits per heavy atom. The van der Waals surface area contributed by atoms with Crippen LogP contribution in [0.5, 0.6) is 0 Å². The molecular formula is C23H20N4O4. The molecule has 8 heteroatoms. The molecule has 2 aromatic carbocycles. The van der Waals surface area contributed by atoms with Crippen molar-refractivity contribution in [2.45, 2.75) is 13.5 Å². The number of esters is 1. The molecule has 0 spiro atoms. The van der Waals surface area contributed by atoms with Gasteiger partial charge in [-0.3, -0.25) is 9.59 Å². The first-order valence-electron chi connectivity index (χ1n) is 9.59. The summed E-state index contributed by atoms with van der Waals surface area (Å²) in [5.41, 5.74) is 3.70. The third kappa shape index (κ3) is 4.23. The molecule has 0 aliphatic rings. The molecule has 0 saturated carbocycles. The minimum absolute atomic E-state index is 0.154. The van der Waals surface area contributed by atoms with Crippen LogP contribution in [0.4, 0.5) is 5.69 Å². The van der Waals surface area contributed by atoms with Gasteiger partial charge in [0.05, 0.1) is 18.4 Å². The highest BCUT2D eigenvalue weighted by Crippen LogP contribution is 2.19. The van der Waals surface area contributed by atoms with Crippen LogP contribution in [-0.4, -0.2) is 33.2 Å². The summed E-state index contributed by atoms with van der Waals surface area (Å²) in [4.78, 5) is 36.7. The van der Waals surface area contributed by atoms with Crippen LogP contribution in [0, 0.1) is 6.92 Å². The van der Waals surface area contributed by atoms with Crippen molar-refractivity contribution in [3.8, 4) is 11.3 Å². The number of aromatic nitrogens is 3. The van der Waals surface area contributed by atoms with Crippen molar-refractivity contribution in [3.63, 3.8) is 0 Å². The van der Waals surface area contributed by atoms with Crippen molar-refractivity contribution in [3.05, 3.63) is 88.5 Å². The van der Waals surface area contributed by atoms with Gasteiger partial charge in [-0.05, 0) is 37.3 Å². The number of aryl methyl sites for hydroxylation is 1. The molecule has 1 amide bonds. The molecule has 0 aliphatic carbocycles. The number of amides is 1. The molecule has 2 heterocycles. The average molecular weight is 416 g/mol. The van der Waals surface area contributed by atoms with E-state index in [1.165, 1.54) is 22.4 Å². The van der Waals surface area contributed by atoms with Gasteiger partial charge in [0, 0.05) is 23.6 Å². The molecule has 0 bridgehead atoms. The Morgan fingerprint density at radius 1 is 1.03 bits per heavy atom. The second-order valence-corrected chi connectivity index (χ2v) is 7.07. The number of methoxy groups -OCH3 is 1. The molecule has 0 atom stereocenters. The zero-order valence-corrected chi connectivity index (χ0v) is 17.0. The number of ether oxygens (including phenoxy) is 1. The molecule has 4 aromatic rings. The predicted molar refractivity (Wildman–Crippen MR) is 116 cm³/mol. The summed E-state index contributed by atoms with van der Waals surface area (Å²) in [5.74, 6) is -0.820. The number of carbonyl (C=O) groups excluding carboxylic acids is 2. The van der Waals surface area contributed by atoms with Crippen molar-refractivity contribution in [1.82, 2.24) is 14.2 Å². The molecule has 31 heavy (non-hydrogen) atoms. The SMILES string of the molecule is COC(=O)c1ccc(NC(=O)Cn2ccn3nc(-c4ccc(C)cc4)cc3c2=O)cc1. The van der Waals surface area contributed by atoms with Crippen LogP contribution in [0.15, 0.2) is 71.8 Å². The Labute approximate surface area is 177 Å². The van der Waals surface area contributed by atoms with E-state index in [9.17, 15) is 14.4 Å². The van der Waals surface area contributed by atoms with Crippen LogP contribution in [0.1, 0.15) is 15.9 Å². The standard InChI is InChI=1S/C23H20N4O4/c1-15-3-5-16(6-4-15)19-13-20-22(29)26(11-12-27(20)25-19)14-21(28)24-18-9-7-17(8-10-18)23(30)31-2/h3-13H,14H2,1-2H3,(H,24,28). The number of benzene rings is 2. The summed E-state index contributed by atoms with van der Waals surface area (Å²) in [6.07, 6.45) is 3.17. The van der Waals surface area contributed by atoms with Gasteiger partial charge in [-0.15, -0.1) is 0 Å². The molecule has 4 rings (SSSR count). The van der Waals surface area contributed by atoms with E-state index in [0.717, 1.165) is 11.1 Å². The Kier molecular flexibility index (Phi) is 5.36. The van der Waals surface area contributed by atoms with E-state index in [2.05, 4.69) is 15.2 Å². The fraction of sp³-hybridized carbons (Fsp3) is 0.130. The highest BCUT2D eigenvalue weighted by Gasteiger charge is 2.12. The van der Waals surface area contributed by atoms with Crippen LogP contribution in [0.25, 0.3) is 16.8 Å². The zero-order chi connectivity index (χ0) is 22.0. The zero-order valence-electron chi connectivity index (χ0n) is 17.0. The van der Waals surface area contributed by atoms with Crippen LogP contribution < -0.4 is 10.9 Å². The van der Waals surface area contributed by atoms with Crippen molar-refractivity contribution in [2.75, 3.05) is 12.4 Å². The Balaban J connectivity index is 1.52. The van der Waals surface area contributed by atoms with Crippen LogP contribution in [0.2, 0.25) is 0 Å². The van der Waals surface area contributed by atoms with Crippen molar-refractivity contribution in [1.29, 1.82) is 0 Å². The molecule has 2 aromatic heterocycles. The molecule has 156 valence electrons. The topological polar surface area (TPSA) is 94.7 Å². The average Bonchev–Trinajstić information content (AvgIpc) is 3.21. The molecule has 0 saturated heterocycles. The molecule has 1 N–H and O–H groups in total. The maximum atomic E-state index is 12.8. The minimum Gasteiger partial charge on any atom is -0.465 e. The first-order chi connectivity index (χ1) is 14.9. The van der Waals surface area contributed by atoms with Gasteiger partial charge >= 0.3 is 5.97 Å². The summed E-state index contributed by atoms with van der Waals surface area (Å²) < 4.78 is 7.49. The van der Waals surface area contributed by atoms with Gasteiger partial charge in [-0.25, -0.2) is 9.31 Å². The maximum Gasteiger partial charge on any atom is 0.337 e. The summed E-state index contributed by atoms with van der Waals surface area (Å²) >= 11 is 0. The van der Waals surface area contributed by atoms with Crippen molar-refractivity contribution < 1.29 is 14.3 Å².